The number of likely N-dealkylation sites (tertiary alicyclic amines) is 1. The third kappa shape index (κ3) is 6.31. The van der Waals surface area contributed by atoms with E-state index in [2.05, 4.69) is 12.2 Å². The van der Waals surface area contributed by atoms with Crippen LogP contribution in [-0.4, -0.2) is 54.2 Å². The zero-order valence-corrected chi connectivity index (χ0v) is 19.1. The van der Waals surface area contributed by atoms with Crippen LogP contribution in [-0.2, 0) is 9.59 Å². The molecule has 2 aliphatic rings. The van der Waals surface area contributed by atoms with Gasteiger partial charge in [-0.1, -0.05) is 38.7 Å². The van der Waals surface area contributed by atoms with Crippen LogP contribution in [0.1, 0.15) is 75.1 Å². The molecule has 1 heterocycles. The van der Waals surface area contributed by atoms with Crippen molar-refractivity contribution in [1.29, 1.82) is 0 Å². The van der Waals surface area contributed by atoms with Crippen LogP contribution >= 0.6 is 0 Å². The molecule has 6 heteroatoms. The molecule has 0 spiro atoms. The average molecular weight is 428 g/mol. The largest absolute Gasteiger partial charge is 0.346 e. The van der Waals surface area contributed by atoms with Gasteiger partial charge in [-0.3, -0.25) is 14.4 Å². The first-order valence-electron chi connectivity index (χ1n) is 11.9. The first-order chi connectivity index (χ1) is 15.0. The van der Waals surface area contributed by atoms with Crippen LogP contribution in [0.4, 0.5) is 5.69 Å². The molecule has 1 aliphatic heterocycles. The minimum atomic E-state index is -0.0287. The summed E-state index contributed by atoms with van der Waals surface area (Å²) >= 11 is 0. The summed E-state index contributed by atoms with van der Waals surface area (Å²) < 4.78 is 0. The summed E-state index contributed by atoms with van der Waals surface area (Å²) in [5, 5.41) is 3.00. The first-order valence-corrected chi connectivity index (χ1v) is 11.9. The molecule has 0 radical (unpaired) electrons. The predicted molar refractivity (Wildman–Crippen MR) is 123 cm³/mol. The molecular weight excluding hydrogens is 390 g/mol. The lowest BCUT2D eigenvalue weighted by Gasteiger charge is -2.33. The maximum Gasteiger partial charge on any atom is 0.253 e. The Morgan fingerprint density at radius 1 is 1.03 bits per heavy atom. The molecule has 3 amide bonds. The van der Waals surface area contributed by atoms with Gasteiger partial charge in [0.15, 0.2) is 0 Å². The zero-order chi connectivity index (χ0) is 22.2. The highest BCUT2D eigenvalue weighted by molar-refractivity contribution is 5.97. The smallest absolute Gasteiger partial charge is 0.253 e. The van der Waals surface area contributed by atoms with Gasteiger partial charge >= 0.3 is 0 Å². The fourth-order valence-corrected chi connectivity index (χ4v) is 4.67. The molecule has 1 aliphatic carbocycles. The van der Waals surface area contributed by atoms with Crippen molar-refractivity contribution in [3.63, 3.8) is 0 Å². The third-order valence-electron chi connectivity index (χ3n) is 6.71. The third-order valence-corrected chi connectivity index (χ3v) is 6.71. The molecule has 0 aromatic heterocycles. The number of carbonyl (C=O) groups excluding carboxylic acids is 3. The van der Waals surface area contributed by atoms with E-state index in [0.717, 1.165) is 45.1 Å². The minimum Gasteiger partial charge on any atom is -0.346 e. The van der Waals surface area contributed by atoms with Crippen molar-refractivity contribution < 1.29 is 14.4 Å². The maximum absolute atomic E-state index is 13.0. The van der Waals surface area contributed by atoms with E-state index < -0.39 is 0 Å². The van der Waals surface area contributed by atoms with Gasteiger partial charge in [0, 0.05) is 49.8 Å². The molecule has 0 bridgehead atoms. The fourth-order valence-electron chi connectivity index (χ4n) is 4.67. The molecule has 6 nitrogen and oxygen atoms in total. The molecule has 31 heavy (non-hydrogen) atoms. The molecular formula is C25H37N3O3. The molecule has 2 fully saturated rings. The number of nitrogens with one attached hydrogen (secondary N) is 1. The van der Waals surface area contributed by atoms with Crippen molar-refractivity contribution in [3.8, 4) is 0 Å². The number of hydrogen-bond donors (Lipinski definition) is 1. The number of benzene rings is 1. The summed E-state index contributed by atoms with van der Waals surface area (Å²) in [4.78, 5) is 41.8. The van der Waals surface area contributed by atoms with E-state index in [9.17, 15) is 14.4 Å². The normalized spacial score (nSPS) is 17.9. The van der Waals surface area contributed by atoms with Crippen molar-refractivity contribution in [1.82, 2.24) is 9.80 Å². The molecule has 1 aromatic rings. The van der Waals surface area contributed by atoms with E-state index in [4.69, 9.17) is 0 Å². The van der Waals surface area contributed by atoms with Gasteiger partial charge in [-0.25, -0.2) is 0 Å². The van der Waals surface area contributed by atoms with Crippen LogP contribution < -0.4 is 5.32 Å². The lowest BCUT2D eigenvalue weighted by atomic mass is 9.88. The number of hydrogen-bond acceptors (Lipinski definition) is 3. The topological polar surface area (TPSA) is 69.7 Å². The van der Waals surface area contributed by atoms with Crippen molar-refractivity contribution in [2.45, 2.75) is 64.7 Å². The Kier molecular flexibility index (Phi) is 8.50. The molecule has 1 N–H and O–H groups in total. The van der Waals surface area contributed by atoms with Crippen LogP contribution in [0.15, 0.2) is 24.3 Å². The molecule has 1 aromatic carbocycles. The summed E-state index contributed by atoms with van der Waals surface area (Å²) in [5.41, 5.74) is 1.27. The Morgan fingerprint density at radius 3 is 2.42 bits per heavy atom. The summed E-state index contributed by atoms with van der Waals surface area (Å²) in [6.07, 6.45) is 8.85. The Hall–Kier alpha value is -2.37. The lowest BCUT2D eigenvalue weighted by Crippen LogP contribution is -2.43. The van der Waals surface area contributed by atoms with Crippen molar-refractivity contribution >= 4 is 23.4 Å². The van der Waals surface area contributed by atoms with E-state index in [0.29, 0.717) is 37.2 Å². The van der Waals surface area contributed by atoms with Crippen LogP contribution in [0.25, 0.3) is 0 Å². The number of carbonyl (C=O) groups is 3. The Morgan fingerprint density at radius 2 is 1.74 bits per heavy atom. The van der Waals surface area contributed by atoms with Gasteiger partial charge in [-0.05, 0) is 50.3 Å². The SMILES string of the molecule is CCCCN(C)C(=O)C1CCN(C(=O)c2cccc(NC(=O)C3CCCCC3)c2)CC1. The average Bonchev–Trinajstić information content (AvgIpc) is 2.82. The van der Waals surface area contributed by atoms with E-state index >= 15 is 0 Å². The number of piperidine rings is 1. The molecule has 0 atom stereocenters. The van der Waals surface area contributed by atoms with Gasteiger partial charge in [0.2, 0.25) is 11.8 Å². The van der Waals surface area contributed by atoms with Crippen LogP contribution in [0, 0.1) is 11.8 Å². The summed E-state index contributed by atoms with van der Waals surface area (Å²) in [6, 6.07) is 7.24. The van der Waals surface area contributed by atoms with E-state index in [-0.39, 0.29) is 29.6 Å². The molecule has 1 saturated heterocycles. The summed E-state index contributed by atoms with van der Waals surface area (Å²) in [5.74, 6) is 0.329. The van der Waals surface area contributed by atoms with Gasteiger partial charge in [0.25, 0.3) is 5.91 Å². The Balaban J connectivity index is 1.53. The zero-order valence-electron chi connectivity index (χ0n) is 19.1. The second kappa shape index (κ2) is 11.3. The molecule has 170 valence electrons. The molecule has 0 unspecified atom stereocenters. The Labute approximate surface area is 186 Å². The van der Waals surface area contributed by atoms with Gasteiger partial charge < -0.3 is 15.1 Å². The second-order valence-corrected chi connectivity index (χ2v) is 9.08. The monoisotopic (exact) mass is 427 g/mol. The standard InChI is InChI=1S/C25H37N3O3/c1-3-4-15-27(2)24(30)20-13-16-28(17-14-20)25(31)21-11-8-12-22(18-21)26-23(29)19-9-6-5-7-10-19/h8,11-12,18-20H,3-7,9-10,13-17H2,1-2H3,(H,26,29). The highest BCUT2D eigenvalue weighted by atomic mass is 16.2. The van der Waals surface area contributed by atoms with Gasteiger partial charge in [-0.2, -0.15) is 0 Å². The van der Waals surface area contributed by atoms with Crippen LogP contribution in [0.3, 0.4) is 0 Å². The number of nitrogens with zero attached hydrogens (tertiary/aromatic N) is 2. The van der Waals surface area contributed by atoms with E-state index in [1.54, 1.807) is 12.1 Å². The van der Waals surface area contributed by atoms with Gasteiger partial charge in [-0.15, -0.1) is 0 Å². The molecule has 3 rings (SSSR count). The van der Waals surface area contributed by atoms with E-state index in [1.165, 1.54) is 6.42 Å². The highest BCUT2D eigenvalue weighted by Gasteiger charge is 2.29. The predicted octanol–water partition coefficient (Wildman–Crippen LogP) is 4.32. The fraction of sp³-hybridized carbons (Fsp3) is 0.640. The van der Waals surface area contributed by atoms with Crippen molar-refractivity contribution in [2.24, 2.45) is 11.8 Å². The number of rotatable bonds is 7. The number of unbranched alkanes of at least 4 members (excludes halogenated alkanes) is 1. The number of anilines is 1. The lowest BCUT2D eigenvalue weighted by molar-refractivity contribution is -0.135. The van der Waals surface area contributed by atoms with Gasteiger partial charge in [0.1, 0.15) is 0 Å². The van der Waals surface area contributed by atoms with Crippen LogP contribution in [0.2, 0.25) is 0 Å². The molecule has 1 saturated carbocycles. The highest BCUT2D eigenvalue weighted by Crippen LogP contribution is 2.26. The summed E-state index contributed by atoms with van der Waals surface area (Å²) in [7, 11) is 1.88. The van der Waals surface area contributed by atoms with E-state index in [1.807, 2.05) is 29.0 Å². The Bertz CT molecular complexity index is 765. The van der Waals surface area contributed by atoms with Gasteiger partial charge in [0.05, 0.1) is 0 Å². The maximum atomic E-state index is 13.0. The second-order valence-electron chi connectivity index (χ2n) is 9.08. The first kappa shape index (κ1) is 23.3. The quantitative estimate of drug-likeness (QED) is 0.705. The van der Waals surface area contributed by atoms with Crippen molar-refractivity contribution in [2.75, 3.05) is 32.0 Å². The minimum absolute atomic E-state index is 0.00650. The van der Waals surface area contributed by atoms with Crippen molar-refractivity contribution in [3.05, 3.63) is 29.8 Å². The number of amides is 3. The van der Waals surface area contributed by atoms with Crippen LogP contribution in [0.5, 0.6) is 0 Å². The summed E-state index contributed by atoms with van der Waals surface area (Å²) in [6.45, 7) is 4.11.